The first-order chi connectivity index (χ1) is 9.20. The van der Waals surface area contributed by atoms with E-state index in [1.165, 1.54) is 27.9 Å². The normalized spacial score (nSPS) is 10.5. The number of benzene rings is 2. The van der Waals surface area contributed by atoms with Crippen LogP contribution in [0.4, 0.5) is 5.69 Å². The van der Waals surface area contributed by atoms with Crippen molar-refractivity contribution in [2.45, 2.75) is 27.0 Å². The molecule has 100 valence electrons. The molecule has 0 aliphatic rings. The summed E-state index contributed by atoms with van der Waals surface area (Å²) in [5.74, 6) is 0. The van der Waals surface area contributed by atoms with E-state index in [2.05, 4.69) is 61.6 Å². The van der Waals surface area contributed by atoms with E-state index in [9.17, 15) is 0 Å². The minimum Gasteiger partial charge on any atom is -0.381 e. The molecule has 0 heterocycles. The molecule has 2 heteroatoms. The van der Waals surface area contributed by atoms with Gasteiger partial charge in [-0.25, -0.2) is 0 Å². The standard InChI is InChI=1S/C17H21NO/c1-13-8-9-17(14(2)10-13)18-11-15-6-4-5-7-16(15)12-19-3/h4-10,18H,11-12H2,1-3H3. The first kappa shape index (κ1) is 13.6. The lowest BCUT2D eigenvalue weighted by atomic mass is 10.1. The van der Waals surface area contributed by atoms with Crippen molar-refractivity contribution in [2.75, 3.05) is 12.4 Å². The maximum atomic E-state index is 5.23. The predicted octanol–water partition coefficient (Wildman–Crippen LogP) is 4.06. The van der Waals surface area contributed by atoms with E-state index in [4.69, 9.17) is 4.74 Å². The summed E-state index contributed by atoms with van der Waals surface area (Å²) in [6, 6.07) is 14.9. The van der Waals surface area contributed by atoms with Crippen molar-refractivity contribution in [3.8, 4) is 0 Å². The Bertz CT molecular complexity index is 549. The second-order valence-electron chi connectivity index (χ2n) is 4.87. The van der Waals surface area contributed by atoms with E-state index in [1.807, 2.05) is 0 Å². The first-order valence-corrected chi connectivity index (χ1v) is 6.57. The molecule has 1 N–H and O–H groups in total. The Kier molecular flexibility index (Phi) is 4.58. The second kappa shape index (κ2) is 6.39. The summed E-state index contributed by atoms with van der Waals surface area (Å²) in [5, 5.41) is 3.50. The summed E-state index contributed by atoms with van der Waals surface area (Å²) >= 11 is 0. The molecule has 0 radical (unpaired) electrons. The molecule has 0 aliphatic carbocycles. The average Bonchev–Trinajstić information content (AvgIpc) is 2.40. The molecule has 0 aliphatic heterocycles. The quantitative estimate of drug-likeness (QED) is 0.870. The third-order valence-corrected chi connectivity index (χ3v) is 3.27. The topological polar surface area (TPSA) is 21.3 Å². The number of hydrogen-bond donors (Lipinski definition) is 1. The second-order valence-corrected chi connectivity index (χ2v) is 4.87. The van der Waals surface area contributed by atoms with E-state index >= 15 is 0 Å². The molecular weight excluding hydrogens is 234 g/mol. The number of rotatable bonds is 5. The summed E-state index contributed by atoms with van der Waals surface area (Å²) in [4.78, 5) is 0. The molecule has 0 saturated heterocycles. The molecule has 0 bridgehead atoms. The number of aryl methyl sites for hydroxylation is 2. The van der Waals surface area contributed by atoms with Gasteiger partial charge in [-0.2, -0.15) is 0 Å². The zero-order valence-corrected chi connectivity index (χ0v) is 11.9. The molecule has 0 saturated carbocycles. The number of methoxy groups -OCH3 is 1. The predicted molar refractivity (Wildman–Crippen MR) is 80.4 cm³/mol. The van der Waals surface area contributed by atoms with Gasteiger partial charge in [0.05, 0.1) is 6.61 Å². The summed E-state index contributed by atoms with van der Waals surface area (Å²) in [7, 11) is 1.73. The zero-order valence-electron chi connectivity index (χ0n) is 11.9. The molecule has 19 heavy (non-hydrogen) atoms. The van der Waals surface area contributed by atoms with E-state index in [0.717, 1.165) is 6.54 Å². The molecule has 2 rings (SSSR count). The van der Waals surface area contributed by atoms with Gasteiger partial charge in [-0.1, -0.05) is 42.0 Å². The number of ether oxygens (including phenoxy) is 1. The van der Waals surface area contributed by atoms with Gasteiger partial charge in [-0.15, -0.1) is 0 Å². The van der Waals surface area contributed by atoms with Crippen molar-refractivity contribution in [1.82, 2.24) is 0 Å². The molecule has 0 unspecified atom stereocenters. The zero-order chi connectivity index (χ0) is 13.7. The van der Waals surface area contributed by atoms with Gasteiger partial charge in [0, 0.05) is 19.3 Å². The molecule has 0 amide bonds. The van der Waals surface area contributed by atoms with Crippen LogP contribution in [0.15, 0.2) is 42.5 Å². The fourth-order valence-electron chi connectivity index (χ4n) is 2.23. The fraction of sp³-hybridized carbons (Fsp3) is 0.294. The van der Waals surface area contributed by atoms with Crippen molar-refractivity contribution < 1.29 is 4.74 Å². The Hall–Kier alpha value is -1.80. The monoisotopic (exact) mass is 255 g/mol. The van der Waals surface area contributed by atoms with E-state index in [-0.39, 0.29) is 0 Å². The summed E-state index contributed by atoms with van der Waals surface area (Å²) in [5.41, 5.74) is 6.29. The lowest BCUT2D eigenvalue weighted by molar-refractivity contribution is 0.184. The van der Waals surface area contributed by atoms with Crippen LogP contribution >= 0.6 is 0 Å². The van der Waals surface area contributed by atoms with Gasteiger partial charge in [-0.05, 0) is 36.6 Å². The molecule has 0 atom stereocenters. The third-order valence-electron chi connectivity index (χ3n) is 3.27. The fourth-order valence-corrected chi connectivity index (χ4v) is 2.23. The highest BCUT2D eigenvalue weighted by Gasteiger charge is 2.02. The third kappa shape index (κ3) is 3.58. The highest BCUT2D eigenvalue weighted by Crippen LogP contribution is 2.18. The average molecular weight is 255 g/mol. The lowest BCUT2D eigenvalue weighted by Crippen LogP contribution is -2.04. The van der Waals surface area contributed by atoms with Gasteiger partial charge >= 0.3 is 0 Å². The van der Waals surface area contributed by atoms with Gasteiger partial charge in [0.25, 0.3) is 0 Å². The van der Waals surface area contributed by atoms with Crippen molar-refractivity contribution in [3.05, 3.63) is 64.7 Å². The SMILES string of the molecule is COCc1ccccc1CNc1ccc(C)cc1C. The van der Waals surface area contributed by atoms with Crippen molar-refractivity contribution in [3.63, 3.8) is 0 Å². The van der Waals surface area contributed by atoms with Gasteiger partial charge in [-0.3, -0.25) is 0 Å². The Labute approximate surface area is 115 Å². The minimum atomic E-state index is 0.657. The maximum absolute atomic E-state index is 5.23. The van der Waals surface area contributed by atoms with Crippen LogP contribution < -0.4 is 5.32 Å². The molecule has 0 spiro atoms. The van der Waals surface area contributed by atoms with E-state index < -0.39 is 0 Å². The van der Waals surface area contributed by atoms with E-state index in [0.29, 0.717) is 6.61 Å². The highest BCUT2D eigenvalue weighted by molar-refractivity contribution is 5.52. The van der Waals surface area contributed by atoms with Gasteiger partial charge in [0.1, 0.15) is 0 Å². The van der Waals surface area contributed by atoms with Crippen LogP contribution in [0.25, 0.3) is 0 Å². The summed E-state index contributed by atoms with van der Waals surface area (Å²) in [6.45, 7) is 5.73. The summed E-state index contributed by atoms with van der Waals surface area (Å²) < 4.78 is 5.23. The van der Waals surface area contributed by atoms with Gasteiger partial charge < -0.3 is 10.1 Å². The van der Waals surface area contributed by atoms with Gasteiger partial charge in [0.15, 0.2) is 0 Å². The lowest BCUT2D eigenvalue weighted by Gasteiger charge is -2.13. The van der Waals surface area contributed by atoms with Crippen LogP contribution in [0.2, 0.25) is 0 Å². The molecule has 0 aromatic heterocycles. The molecular formula is C17H21NO. The largest absolute Gasteiger partial charge is 0.381 e. The Morgan fingerprint density at radius 1 is 1.00 bits per heavy atom. The smallest absolute Gasteiger partial charge is 0.0716 e. The van der Waals surface area contributed by atoms with Crippen molar-refractivity contribution in [2.24, 2.45) is 0 Å². The van der Waals surface area contributed by atoms with Gasteiger partial charge in [0.2, 0.25) is 0 Å². The number of hydrogen-bond acceptors (Lipinski definition) is 2. The van der Waals surface area contributed by atoms with Crippen molar-refractivity contribution in [1.29, 1.82) is 0 Å². The van der Waals surface area contributed by atoms with Crippen LogP contribution in [-0.2, 0) is 17.9 Å². The molecule has 2 aromatic rings. The molecule has 0 fully saturated rings. The van der Waals surface area contributed by atoms with Crippen LogP contribution in [0.3, 0.4) is 0 Å². The summed E-state index contributed by atoms with van der Waals surface area (Å²) in [6.07, 6.45) is 0. The Balaban J connectivity index is 2.10. The molecule has 2 aromatic carbocycles. The first-order valence-electron chi connectivity index (χ1n) is 6.57. The van der Waals surface area contributed by atoms with E-state index in [1.54, 1.807) is 7.11 Å². The van der Waals surface area contributed by atoms with Crippen LogP contribution in [-0.4, -0.2) is 7.11 Å². The Morgan fingerprint density at radius 2 is 1.74 bits per heavy atom. The number of nitrogens with one attached hydrogen (secondary N) is 1. The minimum absolute atomic E-state index is 0.657. The van der Waals surface area contributed by atoms with Crippen LogP contribution in [0.1, 0.15) is 22.3 Å². The van der Waals surface area contributed by atoms with Crippen LogP contribution in [0.5, 0.6) is 0 Å². The maximum Gasteiger partial charge on any atom is 0.0716 e. The molecule has 2 nitrogen and oxygen atoms in total. The number of anilines is 1. The van der Waals surface area contributed by atoms with Crippen molar-refractivity contribution >= 4 is 5.69 Å². The highest BCUT2D eigenvalue weighted by atomic mass is 16.5. The Morgan fingerprint density at radius 3 is 2.42 bits per heavy atom. The van der Waals surface area contributed by atoms with Crippen LogP contribution in [0, 0.1) is 13.8 Å².